The van der Waals surface area contributed by atoms with Crippen LogP contribution in [0, 0.1) is 11.3 Å². The maximum atomic E-state index is 13.5. The van der Waals surface area contributed by atoms with E-state index in [0.29, 0.717) is 4.90 Å². The van der Waals surface area contributed by atoms with E-state index in [0.717, 1.165) is 12.1 Å². The minimum Gasteiger partial charge on any atom is -0.465 e. The van der Waals surface area contributed by atoms with Gasteiger partial charge in [0.1, 0.15) is 18.3 Å². The Kier molecular flexibility index (Phi) is 5.64. The zero-order chi connectivity index (χ0) is 22.1. The average Bonchev–Trinajstić information content (AvgIpc) is 3.29. The molecule has 1 saturated heterocycles. The summed E-state index contributed by atoms with van der Waals surface area (Å²) in [4.78, 5) is 24.1. The van der Waals surface area contributed by atoms with Crippen molar-refractivity contribution in [2.45, 2.75) is 31.4 Å². The number of hydrogen-bond donors (Lipinski definition) is 2. The lowest BCUT2D eigenvalue weighted by molar-refractivity contribution is -0.137. The molecule has 2 heterocycles. The molecule has 8 nitrogen and oxygen atoms in total. The second-order valence-electron chi connectivity index (χ2n) is 6.61. The number of rotatable bonds is 4. The Balaban J connectivity index is 1.73. The van der Waals surface area contributed by atoms with Gasteiger partial charge in [0.05, 0.1) is 17.8 Å². The number of halogens is 4. The van der Waals surface area contributed by atoms with Crippen molar-refractivity contribution in [3.05, 3.63) is 47.3 Å². The lowest BCUT2D eigenvalue weighted by Crippen LogP contribution is -2.45. The number of carbonyl (C=O) groups is 2. The lowest BCUT2D eigenvalue weighted by Gasteiger charge is -2.20. The molecule has 3 rings (SSSR count). The van der Waals surface area contributed by atoms with E-state index in [1.807, 2.05) is 6.07 Å². The zero-order valence-electron chi connectivity index (χ0n) is 15.2. The smallest absolute Gasteiger partial charge is 0.416 e. The molecule has 0 bridgehead atoms. The summed E-state index contributed by atoms with van der Waals surface area (Å²) >= 11 is 0. The van der Waals surface area contributed by atoms with Gasteiger partial charge in [-0.05, 0) is 24.3 Å². The van der Waals surface area contributed by atoms with Crippen molar-refractivity contribution in [2.75, 3.05) is 6.54 Å². The fraction of sp³-hybridized carbons (Fsp3) is 0.333. The summed E-state index contributed by atoms with van der Waals surface area (Å²) in [6.07, 6.45) is -6.26. The predicted molar refractivity (Wildman–Crippen MR) is 93.2 cm³/mol. The van der Waals surface area contributed by atoms with E-state index in [2.05, 4.69) is 10.4 Å². The fourth-order valence-electron chi connectivity index (χ4n) is 3.11. The van der Waals surface area contributed by atoms with Crippen LogP contribution in [-0.2, 0) is 17.5 Å². The SMILES string of the molecule is N#Cc1nn(-c2ccc(C(F)(F)F)cc2)cc1CNC(=O)[C@@H]1C[C@@H](F)CN1C(=O)O. The van der Waals surface area contributed by atoms with Gasteiger partial charge in [-0.3, -0.25) is 9.69 Å². The van der Waals surface area contributed by atoms with Gasteiger partial charge in [0.15, 0.2) is 5.69 Å². The first-order valence-corrected chi connectivity index (χ1v) is 8.67. The molecule has 0 radical (unpaired) electrons. The Morgan fingerprint density at radius 1 is 1.30 bits per heavy atom. The lowest BCUT2D eigenvalue weighted by atomic mass is 10.2. The number of carboxylic acid groups (broad SMARTS) is 1. The Bertz CT molecular complexity index is 997. The summed E-state index contributed by atoms with van der Waals surface area (Å²) in [5.41, 5.74) is -0.371. The van der Waals surface area contributed by atoms with Crippen LogP contribution in [0.5, 0.6) is 0 Å². The minimum atomic E-state index is -4.49. The van der Waals surface area contributed by atoms with Crippen molar-refractivity contribution in [1.29, 1.82) is 5.26 Å². The van der Waals surface area contributed by atoms with Crippen molar-refractivity contribution in [3.8, 4) is 11.8 Å². The first-order chi connectivity index (χ1) is 14.1. The quantitative estimate of drug-likeness (QED) is 0.731. The van der Waals surface area contributed by atoms with E-state index < -0.39 is 42.5 Å². The van der Waals surface area contributed by atoms with Crippen molar-refractivity contribution in [3.63, 3.8) is 0 Å². The van der Waals surface area contributed by atoms with E-state index in [1.165, 1.54) is 23.0 Å². The number of alkyl halides is 4. The van der Waals surface area contributed by atoms with Gasteiger partial charge in [-0.25, -0.2) is 13.9 Å². The van der Waals surface area contributed by atoms with E-state index in [9.17, 15) is 32.4 Å². The highest BCUT2D eigenvalue weighted by molar-refractivity contribution is 5.86. The topological polar surface area (TPSA) is 111 Å². The van der Waals surface area contributed by atoms with Crippen LogP contribution in [-0.4, -0.2) is 50.5 Å². The van der Waals surface area contributed by atoms with Crippen LogP contribution in [0.2, 0.25) is 0 Å². The third-order valence-corrected chi connectivity index (χ3v) is 4.61. The molecule has 1 aliphatic rings. The molecule has 2 amide bonds. The number of nitriles is 1. The number of nitrogens with zero attached hydrogens (tertiary/aromatic N) is 4. The molecule has 0 aliphatic carbocycles. The highest BCUT2D eigenvalue weighted by Gasteiger charge is 2.39. The molecule has 2 N–H and O–H groups in total. The first-order valence-electron chi connectivity index (χ1n) is 8.67. The molecule has 30 heavy (non-hydrogen) atoms. The molecule has 2 aromatic rings. The second kappa shape index (κ2) is 8.02. The number of aromatic nitrogens is 2. The number of amides is 2. The largest absolute Gasteiger partial charge is 0.465 e. The van der Waals surface area contributed by atoms with E-state index >= 15 is 0 Å². The molecule has 158 valence electrons. The minimum absolute atomic E-state index is 0.0694. The van der Waals surface area contributed by atoms with Crippen LogP contribution < -0.4 is 5.32 Å². The Hall–Kier alpha value is -3.62. The summed E-state index contributed by atoms with van der Waals surface area (Å²) < 4.78 is 52.7. The van der Waals surface area contributed by atoms with Gasteiger partial charge in [0.2, 0.25) is 5.91 Å². The summed E-state index contributed by atoms with van der Waals surface area (Å²) in [5.74, 6) is -0.719. The average molecular weight is 425 g/mol. The van der Waals surface area contributed by atoms with Gasteiger partial charge in [0, 0.05) is 24.7 Å². The fourth-order valence-corrected chi connectivity index (χ4v) is 3.11. The maximum absolute atomic E-state index is 13.5. The number of likely N-dealkylation sites (tertiary alicyclic amines) is 1. The molecule has 0 spiro atoms. The molecule has 12 heteroatoms. The molecule has 0 saturated carbocycles. The number of hydrogen-bond acceptors (Lipinski definition) is 4. The molecule has 1 aliphatic heterocycles. The monoisotopic (exact) mass is 425 g/mol. The molecule has 2 atom stereocenters. The van der Waals surface area contributed by atoms with Crippen LogP contribution >= 0.6 is 0 Å². The van der Waals surface area contributed by atoms with E-state index in [-0.39, 0.29) is 29.9 Å². The third-order valence-electron chi connectivity index (χ3n) is 4.61. The highest BCUT2D eigenvalue weighted by Crippen LogP contribution is 2.29. The van der Waals surface area contributed by atoms with Crippen LogP contribution in [0.15, 0.2) is 30.5 Å². The van der Waals surface area contributed by atoms with Crippen molar-refractivity contribution in [2.24, 2.45) is 0 Å². The van der Waals surface area contributed by atoms with Crippen molar-refractivity contribution in [1.82, 2.24) is 20.0 Å². The molecular weight excluding hydrogens is 410 g/mol. The molecule has 0 unspecified atom stereocenters. The summed E-state index contributed by atoms with van der Waals surface area (Å²) in [5, 5.41) is 24.7. The van der Waals surface area contributed by atoms with Crippen LogP contribution in [0.1, 0.15) is 23.2 Å². The molecule has 1 aromatic heterocycles. The highest BCUT2D eigenvalue weighted by atomic mass is 19.4. The number of nitrogens with one attached hydrogen (secondary N) is 1. The van der Waals surface area contributed by atoms with Gasteiger partial charge in [-0.1, -0.05) is 0 Å². The first kappa shape index (κ1) is 21.1. The Morgan fingerprint density at radius 2 is 1.97 bits per heavy atom. The Labute approximate surface area is 167 Å². The van der Waals surface area contributed by atoms with Crippen molar-refractivity contribution >= 4 is 12.0 Å². The normalized spacial score (nSPS) is 18.8. The summed E-state index contributed by atoms with van der Waals surface area (Å²) in [6, 6.07) is 4.75. The third kappa shape index (κ3) is 4.35. The van der Waals surface area contributed by atoms with Crippen LogP contribution in [0.3, 0.4) is 0 Å². The molecule has 1 aromatic carbocycles. The van der Waals surface area contributed by atoms with E-state index in [1.54, 1.807) is 0 Å². The summed E-state index contributed by atoms with van der Waals surface area (Å²) in [7, 11) is 0. The van der Waals surface area contributed by atoms with Crippen LogP contribution in [0.4, 0.5) is 22.4 Å². The zero-order valence-corrected chi connectivity index (χ0v) is 15.2. The molecule has 1 fully saturated rings. The van der Waals surface area contributed by atoms with Crippen molar-refractivity contribution < 1.29 is 32.3 Å². The number of carbonyl (C=O) groups excluding carboxylic acids is 1. The standard InChI is InChI=1S/C18H15F4N5O3/c19-12-5-15(26(9-12)17(29)30)16(28)24-7-10-8-27(25-14(10)6-23)13-3-1-11(2-4-13)18(20,21)22/h1-4,8,12,15H,5,7,9H2,(H,24,28)(H,29,30)/t12-,15+/m1/s1. The van der Waals surface area contributed by atoms with E-state index in [4.69, 9.17) is 5.11 Å². The van der Waals surface area contributed by atoms with Gasteiger partial charge >= 0.3 is 12.3 Å². The predicted octanol–water partition coefficient (Wildman–Crippen LogP) is 2.47. The van der Waals surface area contributed by atoms with Gasteiger partial charge in [-0.15, -0.1) is 0 Å². The van der Waals surface area contributed by atoms with Gasteiger partial charge in [-0.2, -0.15) is 23.5 Å². The van der Waals surface area contributed by atoms with Gasteiger partial charge < -0.3 is 10.4 Å². The van der Waals surface area contributed by atoms with Gasteiger partial charge in [0.25, 0.3) is 0 Å². The molecular formula is C18H15F4N5O3. The second-order valence-corrected chi connectivity index (χ2v) is 6.61. The Morgan fingerprint density at radius 3 is 2.53 bits per heavy atom. The maximum Gasteiger partial charge on any atom is 0.416 e. The van der Waals surface area contributed by atoms with Crippen LogP contribution in [0.25, 0.3) is 5.69 Å². The number of benzene rings is 1. The summed E-state index contributed by atoms with van der Waals surface area (Å²) in [6.45, 7) is -0.591.